The third-order valence-electron chi connectivity index (χ3n) is 3.20. The van der Waals surface area contributed by atoms with Crippen LogP contribution in [0.3, 0.4) is 0 Å². The molecule has 0 atom stereocenters. The van der Waals surface area contributed by atoms with E-state index < -0.39 is 9.84 Å². The summed E-state index contributed by atoms with van der Waals surface area (Å²) in [4.78, 5) is 4.36. The van der Waals surface area contributed by atoms with Gasteiger partial charge in [-0.1, -0.05) is 18.2 Å². The molecule has 114 valence electrons. The number of aryl methyl sites for hydroxylation is 1. The highest BCUT2D eigenvalue weighted by atomic mass is 32.2. The van der Waals surface area contributed by atoms with Gasteiger partial charge in [-0.15, -0.1) is 0 Å². The highest BCUT2D eigenvalue weighted by Gasteiger charge is 2.08. The molecule has 2 aromatic rings. The normalized spacial score (nSPS) is 11.7. The van der Waals surface area contributed by atoms with E-state index in [-0.39, 0.29) is 5.75 Å². The van der Waals surface area contributed by atoms with Gasteiger partial charge < -0.3 is 5.32 Å². The van der Waals surface area contributed by atoms with Gasteiger partial charge in [-0.3, -0.25) is 4.57 Å². The number of aromatic nitrogens is 2. The minimum absolute atomic E-state index is 0.219. The fraction of sp³-hybridized carbons (Fsp3) is 0.400. The molecular formula is C15H21N3O2S. The SMILES string of the molecule is Cc1ncc(CNCCCS(C)(=O)=O)n1-c1ccccc1. The van der Waals surface area contributed by atoms with Crippen LogP contribution in [-0.2, 0) is 16.4 Å². The predicted octanol–water partition coefficient (Wildman–Crippen LogP) is 1.71. The fourth-order valence-electron chi connectivity index (χ4n) is 2.22. The van der Waals surface area contributed by atoms with E-state index in [4.69, 9.17) is 0 Å². The Labute approximate surface area is 125 Å². The molecular weight excluding hydrogens is 286 g/mol. The smallest absolute Gasteiger partial charge is 0.147 e. The van der Waals surface area contributed by atoms with Crippen LogP contribution in [0, 0.1) is 6.92 Å². The first-order valence-corrected chi connectivity index (χ1v) is 9.00. The Kier molecular flexibility index (Phi) is 5.14. The van der Waals surface area contributed by atoms with Gasteiger partial charge in [0.2, 0.25) is 0 Å². The van der Waals surface area contributed by atoms with Crippen LogP contribution in [0.5, 0.6) is 0 Å². The van der Waals surface area contributed by atoms with E-state index in [0.29, 0.717) is 19.5 Å². The third-order valence-corrected chi connectivity index (χ3v) is 4.23. The average Bonchev–Trinajstić information content (AvgIpc) is 2.79. The summed E-state index contributed by atoms with van der Waals surface area (Å²) in [6.07, 6.45) is 3.74. The van der Waals surface area contributed by atoms with Crippen molar-refractivity contribution in [2.45, 2.75) is 19.9 Å². The Morgan fingerprint density at radius 1 is 1.24 bits per heavy atom. The lowest BCUT2D eigenvalue weighted by Crippen LogP contribution is -2.19. The van der Waals surface area contributed by atoms with E-state index in [1.54, 1.807) is 0 Å². The number of hydrogen-bond acceptors (Lipinski definition) is 4. The molecule has 0 spiro atoms. The molecule has 0 aliphatic carbocycles. The van der Waals surface area contributed by atoms with Gasteiger partial charge >= 0.3 is 0 Å². The zero-order chi connectivity index (χ0) is 15.3. The van der Waals surface area contributed by atoms with E-state index in [2.05, 4.69) is 14.9 Å². The Hall–Kier alpha value is -1.66. The summed E-state index contributed by atoms with van der Waals surface area (Å²) < 4.78 is 24.2. The van der Waals surface area contributed by atoms with Crippen molar-refractivity contribution in [3.05, 3.63) is 48.0 Å². The summed E-state index contributed by atoms with van der Waals surface area (Å²) in [7, 11) is -2.87. The summed E-state index contributed by atoms with van der Waals surface area (Å²) >= 11 is 0. The Morgan fingerprint density at radius 3 is 2.62 bits per heavy atom. The van der Waals surface area contributed by atoms with Gasteiger partial charge in [0.05, 0.1) is 17.6 Å². The first-order valence-electron chi connectivity index (χ1n) is 6.94. The molecule has 0 aliphatic heterocycles. The molecule has 0 unspecified atom stereocenters. The average molecular weight is 307 g/mol. The van der Waals surface area contributed by atoms with E-state index in [1.165, 1.54) is 6.26 Å². The molecule has 0 radical (unpaired) electrons. The fourth-order valence-corrected chi connectivity index (χ4v) is 2.89. The van der Waals surface area contributed by atoms with Crippen LogP contribution in [0.25, 0.3) is 5.69 Å². The molecule has 1 heterocycles. The largest absolute Gasteiger partial charge is 0.311 e. The lowest BCUT2D eigenvalue weighted by Gasteiger charge is -2.11. The third kappa shape index (κ3) is 4.68. The Balaban J connectivity index is 1.96. The molecule has 6 heteroatoms. The molecule has 2 rings (SSSR count). The second-order valence-corrected chi connectivity index (χ2v) is 7.39. The number of nitrogens with one attached hydrogen (secondary N) is 1. The molecule has 1 aromatic heterocycles. The summed E-state index contributed by atoms with van der Waals surface area (Å²) in [5, 5.41) is 3.27. The Morgan fingerprint density at radius 2 is 1.95 bits per heavy atom. The van der Waals surface area contributed by atoms with Crippen LogP contribution in [0.2, 0.25) is 0 Å². The summed E-state index contributed by atoms with van der Waals surface area (Å²) in [5.41, 5.74) is 2.15. The molecule has 0 bridgehead atoms. The molecule has 0 saturated carbocycles. The maximum Gasteiger partial charge on any atom is 0.147 e. The van der Waals surface area contributed by atoms with Gasteiger partial charge in [0, 0.05) is 18.5 Å². The number of imidazole rings is 1. The predicted molar refractivity (Wildman–Crippen MR) is 84.3 cm³/mol. The number of hydrogen-bond donors (Lipinski definition) is 1. The maximum atomic E-state index is 11.1. The van der Waals surface area contributed by atoms with E-state index in [9.17, 15) is 8.42 Å². The van der Waals surface area contributed by atoms with Crippen LogP contribution >= 0.6 is 0 Å². The lowest BCUT2D eigenvalue weighted by atomic mass is 10.3. The minimum Gasteiger partial charge on any atom is -0.311 e. The van der Waals surface area contributed by atoms with Crippen LogP contribution in [-0.4, -0.2) is 36.5 Å². The standard InChI is InChI=1S/C15H21N3O2S/c1-13-17-12-15(11-16-9-6-10-21(2,19)20)18(13)14-7-4-3-5-8-14/h3-5,7-8,12,16H,6,9-11H2,1-2H3. The van der Waals surface area contributed by atoms with Gasteiger partial charge in [0.15, 0.2) is 0 Å². The van der Waals surface area contributed by atoms with Gasteiger partial charge in [-0.25, -0.2) is 13.4 Å². The van der Waals surface area contributed by atoms with Crippen LogP contribution in [0.4, 0.5) is 0 Å². The zero-order valence-electron chi connectivity index (χ0n) is 12.4. The van der Waals surface area contributed by atoms with E-state index in [1.807, 2.05) is 43.5 Å². The first kappa shape index (κ1) is 15.7. The van der Waals surface area contributed by atoms with Crippen LogP contribution in [0.15, 0.2) is 36.5 Å². The highest BCUT2D eigenvalue weighted by molar-refractivity contribution is 7.90. The van der Waals surface area contributed by atoms with Gasteiger partial charge in [0.25, 0.3) is 0 Å². The molecule has 21 heavy (non-hydrogen) atoms. The van der Waals surface area contributed by atoms with Gasteiger partial charge in [0.1, 0.15) is 15.7 Å². The van der Waals surface area contributed by atoms with Crippen molar-refractivity contribution in [3.63, 3.8) is 0 Å². The molecule has 0 saturated heterocycles. The maximum absolute atomic E-state index is 11.1. The van der Waals surface area contributed by atoms with Gasteiger partial charge in [-0.05, 0) is 32.0 Å². The zero-order valence-corrected chi connectivity index (χ0v) is 13.2. The number of benzene rings is 1. The first-order chi connectivity index (χ1) is 9.97. The van der Waals surface area contributed by atoms with Crippen molar-refractivity contribution in [2.24, 2.45) is 0 Å². The lowest BCUT2D eigenvalue weighted by molar-refractivity contribution is 0.593. The quantitative estimate of drug-likeness (QED) is 0.791. The molecule has 0 aliphatic rings. The summed E-state index contributed by atoms with van der Waals surface area (Å²) in [6, 6.07) is 10.1. The van der Waals surface area contributed by atoms with Crippen molar-refractivity contribution in [2.75, 3.05) is 18.6 Å². The summed E-state index contributed by atoms with van der Waals surface area (Å²) in [6.45, 7) is 3.31. The molecule has 5 nitrogen and oxygen atoms in total. The highest BCUT2D eigenvalue weighted by Crippen LogP contribution is 2.14. The number of para-hydroxylation sites is 1. The van der Waals surface area contributed by atoms with Crippen molar-refractivity contribution >= 4 is 9.84 Å². The molecule has 1 aromatic carbocycles. The number of sulfone groups is 1. The summed E-state index contributed by atoms with van der Waals surface area (Å²) in [5.74, 6) is 1.16. The number of nitrogens with zero attached hydrogens (tertiary/aromatic N) is 2. The van der Waals surface area contributed by atoms with Crippen LogP contribution < -0.4 is 5.32 Å². The van der Waals surface area contributed by atoms with Crippen molar-refractivity contribution < 1.29 is 8.42 Å². The Bertz CT molecular complexity index is 678. The molecule has 0 amide bonds. The van der Waals surface area contributed by atoms with Crippen molar-refractivity contribution in [1.82, 2.24) is 14.9 Å². The second-order valence-electron chi connectivity index (χ2n) is 5.13. The minimum atomic E-state index is -2.87. The van der Waals surface area contributed by atoms with Crippen LogP contribution in [0.1, 0.15) is 17.9 Å². The van der Waals surface area contributed by atoms with Crippen molar-refractivity contribution in [1.29, 1.82) is 0 Å². The van der Waals surface area contributed by atoms with E-state index >= 15 is 0 Å². The second kappa shape index (κ2) is 6.87. The van der Waals surface area contributed by atoms with Crippen molar-refractivity contribution in [3.8, 4) is 5.69 Å². The molecule has 0 fully saturated rings. The monoisotopic (exact) mass is 307 g/mol. The number of rotatable bonds is 7. The topological polar surface area (TPSA) is 64.0 Å². The van der Waals surface area contributed by atoms with E-state index in [0.717, 1.165) is 17.2 Å². The molecule has 1 N–H and O–H groups in total. The van der Waals surface area contributed by atoms with Gasteiger partial charge in [-0.2, -0.15) is 0 Å².